The lowest BCUT2D eigenvalue weighted by Gasteiger charge is -2.09. The van der Waals surface area contributed by atoms with E-state index in [4.69, 9.17) is 4.98 Å². The van der Waals surface area contributed by atoms with E-state index < -0.39 is 0 Å². The van der Waals surface area contributed by atoms with E-state index in [2.05, 4.69) is 99.2 Å². The summed E-state index contributed by atoms with van der Waals surface area (Å²) in [6.45, 7) is 0. The molecule has 0 spiro atoms. The molecule has 0 radical (unpaired) electrons. The molecule has 160 valence electrons. The molecule has 4 heteroatoms. The molecule has 0 aliphatic heterocycles. The molecule has 7 aromatic rings. The third-order valence-electron chi connectivity index (χ3n) is 6.45. The maximum atomic E-state index is 4.72. The van der Waals surface area contributed by atoms with E-state index in [9.17, 15) is 0 Å². The highest BCUT2D eigenvalue weighted by molar-refractivity contribution is 6.20. The molecular weight excluding hydrogens is 416 g/mol. The van der Waals surface area contributed by atoms with Gasteiger partial charge < -0.3 is 9.13 Å². The number of benzene rings is 3. The van der Waals surface area contributed by atoms with Crippen LogP contribution in [-0.2, 0) is 0 Å². The number of nitrogens with zero attached hydrogens (tertiary/aromatic N) is 4. The second kappa shape index (κ2) is 7.42. The second-order valence-electron chi connectivity index (χ2n) is 8.39. The quantitative estimate of drug-likeness (QED) is 0.294. The summed E-state index contributed by atoms with van der Waals surface area (Å²) in [5.74, 6) is 0. The van der Waals surface area contributed by atoms with Crippen molar-refractivity contribution in [3.05, 3.63) is 122 Å². The Hall–Kier alpha value is -4.70. The van der Waals surface area contributed by atoms with Crippen LogP contribution >= 0.6 is 0 Å². The van der Waals surface area contributed by atoms with Crippen LogP contribution in [-0.4, -0.2) is 19.1 Å². The van der Waals surface area contributed by atoms with Gasteiger partial charge in [0.1, 0.15) is 0 Å². The van der Waals surface area contributed by atoms with Gasteiger partial charge in [0.15, 0.2) is 0 Å². The van der Waals surface area contributed by atoms with Crippen LogP contribution in [0.5, 0.6) is 0 Å². The average Bonchev–Trinajstić information content (AvgIpc) is 3.49. The second-order valence-corrected chi connectivity index (χ2v) is 8.39. The Morgan fingerprint density at radius 2 is 1.38 bits per heavy atom. The fourth-order valence-electron chi connectivity index (χ4n) is 4.95. The monoisotopic (exact) mass is 436 g/mol. The maximum Gasteiger partial charge on any atom is 0.0887 e. The van der Waals surface area contributed by atoms with Crippen molar-refractivity contribution in [1.82, 2.24) is 19.1 Å². The number of fused-ring (bicyclic) bond motifs is 5. The van der Waals surface area contributed by atoms with Gasteiger partial charge in [0.2, 0.25) is 0 Å². The van der Waals surface area contributed by atoms with Crippen molar-refractivity contribution in [2.75, 3.05) is 0 Å². The minimum absolute atomic E-state index is 0.867. The van der Waals surface area contributed by atoms with Gasteiger partial charge >= 0.3 is 0 Å². The lowest BCUT2D eigenvalue weighted by atomic mass is 10.1. The predicted molar refractivity (Wildman–Crippen MR) is 139 cm³/mol. The highest BCUT2D eigenvalue weighted by Gasteiger charge is 2.17. The Morgan fingerprint density at radius 3 is 2.21 bits per heavy atom. The Kier molecular flexibility index (Phi) is 4.11. The Bertz CT molecular complexity index is 1780. The molecule has 0 amide bonds. The van der Waals surface area contributed by atoms with E-state index in [1.807, 2.05) is 30.5 Å². The van der Waals surface area contributed by atoms with Crippen molar-refractivity contribution in [2.24, 2.45) is 0 Å². The van der Waals surface area contributed by atoms with E-state index >= 15 is 0 Å². The molecule has 0 N–H and O–H groups in total. The Morgan fingerprint density at radius 1 is 0.559 bits per heavy atom. The zero-order chi connectivity index (χ0) is 22.5. The molecule has 0 unspecified atom stereocenters. The van der Waals surface area contributed by atoms with Gasteiger partial charge in [-0.3, -0.25) is 9.97 Å². The van der Waals surface area contributed by atoms with Gasteiger partial charge in [-0.15, -0.1) is 0 Å². The third kappa shape index (κ3) is 2.79. The first-order valence-corrected chi connectivity index (χ1v) is 11.3. The zero-order valence-corrected chi connectivity index (χ0v) is 18.3. The van der Waals surface area contributed by atoms with Crippen LogP contribution < -0.4 is 0 Å². The first kappa shape index (κ1) is 18.8. The van der Waals surface area contributed by atoms with E-state index in [0.717, 1.165) is 22.8 Å². The van der Waals surface area contributed by atoms with Crippen LogP contribution in [0, 0.1) is 0 Å². The molecule has 0 atom stereocenters. The van der Waals surface area contributed by atoms with Crippen LogP contribution in [0.2, 0.25) is 0 Å². The van der Waals surface area contributed by atoms with E-state index in [1.54, 1.807) is 6.20 Å². The number of aromatic nitrogens is 4. The fraction of sp³-hybridized carbons (Fsp3) is 0. The molecule has 4 aromatic heterocycles. The highest BCUT2D eigenvalue weighted by atomic mass is 15.0. The molecule has 34 heavy (non-hydrogen) atoms. The number of hydrogen-bond donors (Lipinski definition) is 0. The molecule has 4 heterocycles. The lowest BCUT2D eigenvalue weighted by molar-refractivity contribution is 1.10. The largest absolute Gasteiger partial charge is 0.314 e. The van der Waals surface area contributed by atoms with Crippen molar-refractivity contribution < 1.29 is 0 Å². The lowest BCUT2D eigenvalue weighted by Crippen LogP contribution is -1.95. The van der Waals surface area contributed by atoms with E-state index in [1.165, 1.54) is 32.7 Å². The number of rotatable bonds is 3. The van der Waals surface area contributed by atoms with Gasteiger partial charge in [0, 0.05) is 34.2 Å². The molecule has 0 saturated heterocycles. The molecule has 0 aliphatic rings. The molecular formula is C30H20N4. The third-order valence-corrected chi connectivity index (χ3v) is 6.45. The topological polar surface area (TPSA) is 35.6 Å². The van der Waals surface area contributed by atoms with Gasteiger partial charge in [-0.2, -0.15) is 0 Å². The minimum Gasteiger partial charge on any atom is -0.314 e. The van der Waals surface area contributed by atoms with Crippen LogP contribution in [0.15, 0.2) is 122 Å². The smallest absolute Gasteiger partial charge is 0.0887 e. The van der Waals surface area contributed by atoms with E-state index in [0.29, 0.717) is 0 Å². The summed E-state index contributed by atoms with van der Waals surface area (Å²) in [5, 5.41) is 3.69. The van der Waals surface area contributed by atoms with Crippen LogP contribution in [0.1, 0.15) is 0 Å². The zero-order valence-electron chi connectivity index (χ0n) is 18.3. The summed E-state index contributed by atoms with van der Waals surface area (Å²) in [6.07, 6.45) is 5.86. The molecule has 0 bridgehead atoms. The van der Waals surface area contributed by atoms with Crippen molar-refractivity contribution >= 4 is 32.7 Å². The summed E-state index contributed by atoms with van der Waals surface area (Å²) in [4.78, 5) is 9.14. The molecule has 7 rings (SSSR count). The molecule has 4 nitrogen and oxygen atoms in total. The fourth-order valence-corrected chi connectivity index (χ4v) is 4.95. The molecule has 0 saturated carbocycles. The van der Waals surface area contributed by atoms with Crippen LogP contribution in [0.25, 0.3) is 55.5 Å². The maximum absolute atomic E-state index is 4.72. The normalized spacial score (nSPS) is 11.5. The van der Waals surface area contributed by atoms with Crippen molar-refractivity contribution in [1.29, 1.82) is 0 Å². The Labute approximate surface area is 196 Å². The molecule has 0 aliphatic carbocycles. The van der Waals surface area contributed by atoms with E-state index in [-0.39, 0.29) is 0 Å². The van der Waals surface area contributed by atoms with Crippen molar-refractivity contribution in [3.63, 3.8) is 0 Å². The van der Waals surface area contributed by atoms with Crippen molar-refractivity contribution in [3.8, 4) is 22.8 Å². The van der Waals surface area contributed by atoms with Crippen molar-refractivity contribution in [2.45, 2.75) is 0 Å². The summed E-state index contributed by atoms with van der Waals surface area (Å²) < 4.78 is 4.60. The summed E-state index contributed by atoms with van der Waals surface area (Å²) in [6, 6.07) is 35.9. The SMILES string of the molecule is c1ccc(-n2c3ccccc3c3c4c(ccc32)ccn4-c2ccc(-c3ccccn3)nc2)cc1. The average molecular weight is 437 g/mol. The summed E-state index contributed by atoms with van der Waals surface area (Å²) in [7, 11) is 0. The first-order valence-electron chi connectivity index (χ1n) is 11.3. The molecule has 3 aromatic carbocycles. The number of pyridine rings is 2. The van der Waals surface area contributed by atoms with Gasteiger partial charge in [-0.1, -0.05) is 48.5 Å². The highest BCUT2D eigenvalue weighted by Crippen LogP contribution is 2.38. The Balaban J connectivity index is 1.50. The predicted octanol–water partition coefficient (Wildman–Crippen LogP) is 7.18. The standard InChI is InChI=1S/C30H20N4/c1-2-8-22(9-3-1)34-27-12-5-4-10-24(27)29-28(34)16-13-21-17-19-33(30(21)29)23-14-15-26(32-20-23)25-11-6-7-18-31-25/h1-20H. The van der Waals surface area contributed by atoms with Crippen LogP contribution in [0.3, 0.4) is 0 Å². The van der Waals surface area contributed by atoms with Gasteiger partial charge in [0.05, 0.1) is 39.8 Å². The first-order chi connectivity index (χ1) is 16.9. The molecule has 0 fully saturated rings. The summed E-state index contributed by atoms with van der Waals surface area (Å²) >= 11 is 0. The number of hydrogen-bond acceptors (Lipinski definition) is 2. The van der Waals surface area contributed by atoms with Gasteiger partial charge in [0.25, 0.3) is 0 Å². The number of para-hydroxylation sites is 2. The van der Waals surface area contributed by atoms with Gasteiger partial charge in [-0.25, -0.2) is 0 Å². The van der Waals surface area contributed by atoms with Crippen LogP contribution in [0.4, 0.5) is 0 Å². The van der Waals surface area contributed by atoms with Gasteiger partial charge in [-0.05, 0) is 54.6 Å². The summed E-state index contributed by atoms with van der Waals surface area (Å²) in [5.41, 5.74) is 7.51. The minimum atomic E-state index is 0.867.